The second-order valence-corrected chi connectivity index (χ2v) is 11.9. The molecular formula is C36H44N6O4. The van der Waals surface area contributed by atoms with Crippen LogP contribution >= 0.6 is 0 Å². The SMILES string of the molecule is C.C=CCN1CC(=O)N2[C@@H](Cc3ccc(O)cc3)C(=O)N(Cc3cccc(N4CCCC4)c3)C[C@@H]2N1C(=O)NCc1ccccc1. The number of rotatable bonds is 9. The molecule has 3 heterocycles. The fourth-order valence-electron chi connectivity index (χ4n) is 6.60. The molecule has 0 aliphatic carbocycles. The highest BCUT2D eigenvalue weighted by Crippen LogP contribution is 2.30. The van der Waals surface area contributed by atoms with Gasteiger partial charge in [-0.2, -0.15) is 0 Å². The number of nitrogens with one attached hydrogen (secondary N) is 1. The minimum Gasteiger partial charge on any atom is -0.508 e. The molecule has 0 saturated carbocycles. The fraction of sp³-hybridized carbons (Fsp3) is 0.361. The molecule has 46 heavy (non-hydrogen) atoms. The Bertz CT molecular complexity index is 1520. The summed E-state index contributed by atoms with van der Waals surface area (Å²) in [6.45, 7) is 6.97. The molecule has 0 unspecified atom stereocenters. The van der Waals surface area contributed by atoms with Gasteiger partial charge in [-0.15, -0.1) is 6.58 Å². The third-order valence-corrected chi connectivity index (χ3v) is 8.79. The first-order chi connectivity index (χ1) is 21.9. The maximum Gasteiger partial charge on any atom is 0.334 e. The van der Waals surface area contributed by atoms with Gasteiger partial charge in [0.2, 0.25) is 11.8 Å². The van der Waals surface area contributed by atoms with Gasteiger partial charge in [0, 0.05) is 44.8 Å². The van der Waals surface area contributed by atoms with Crippen molar-refractivity contribution in [1.82, 2.24) is 25.1 Å². The molecule has 4 amide bonds. The van der Waals surface area contributed by atoms with E-state index in [0.717, 1.165) is 35.5 Å². The summed E-state index contributed by atoms with van der Waals surface area (Å²) in [5.41, 5.74) is 3.90. The molecule has 3 aliphatic rings. The van der Waals surface area contributed by atoms with Crippen molar-refractivity contribution in [1.29, 1.82) is 0 Å². The molecule has 2 N–H and O–H groups in total. The molecule has 0 spiro atoms. The van der Waals surface area contributed by atoms with Crippen molar-refractivity contribution in [3.63, 3.8) is 0 Å². The van der Waals surface area contributed by atoms with Crippen LogP contribution in [0.3, 0.4) is 0 Å². The van der Waals surface area contributed by atoms with E-state index in [0.29, 0.717) is 19.6 Å². The van der Waals surface area contributed by atoms with Crippen molar-refractivity contribution < 1.29 is 19.5 Å². The highest BCUT2D eigenvalue weighted by atomic mass is 16.3. The third-order valence-electron chi connectivity index (χ3n) is 8.79. The van der Waals surface area contributed by atoms with Gasteiger partial charge in [-0.25, -0.2) is 14.8 Å². The molecule has 0 bridgehead atoms. The number of anilines is 1. The van der Waals surface area contributed by atoms with Gasteiger partial charge in [0.1, 0.15) is 18.0 Å². The van der Waals surface area contributed by atoms with E-state index in [9.17, 15) is 19.5 Å². The molecule has 3 aliphatic heterocycles. The third kappa shape index (κ3) is 7.02. The lowest BCUT2D eigenvalue weighted by atomic mass is 9.98. The van der Waals surface area contributed by atoms with Gasteiger partial charge < -0.3 is 25.1 Å². The van der Waals surface area contributed by atoms with Crippen molar-refractivity contribution in [2.24, 2.45) is 0 Å². The maximum absolute atomic E-state index is 14.3. The number of aromatic hydroxyl groups is 1. The highest BCUT2D eigenvalue weighted by molar-refractivity contribution is 5.91. The summed E-state index contributed by atoms with van der Waals surface area (Å²) in [7, 11) is 0. The zero-order valence-electron chi connectivity index (χ0n) is 25.4. The quantitative estimate of drug-likeness (QED) is 0.343. The summed E-state index contributed by atoms with van der Waals surface area (Å²) < 4.78 is 0. The van der Waals surface area contributed by atoms with Crippen LogP contribution in [0.2, 0.25) is 0 Å². The fourth-order valence-corrected chi connectivity index (χ4v) is 6.60. The Kier molecular flexibility index (Phi) is 10.3. The average molecular weight is 625 g/mol. The summed E-state index contributed by atoms with van der Waals surface area (Å²) in [5, 5.41) is 16.2. The van der Waals surface area contributed by atoms with E-state index >= 15 is 0 Å². The van der Waals surface area contributed by atoms with E-state index in [1.807, 2.05) is 42.5 Å². The second-order valence-electron chi connectivity index (χ2n) is 11.9. The van der Waals surface area contributed by atoms with Crippen LogP contribution in [0.25, 0.3) is 0 Å². The Morgan fingerprint density at radius 3 is 2.37 bits per heavy atom. The molecule has 6 rings (SSSR count). The monoisotopic (exact) mass is 624 g/mol. The smallest absolute Gasteiger partial charge is 0.334 e. The van der Waals surface area contributed by atoms with E-state index in [2.05, 4.69) is 28.9 Å². The number of amides is 4. The van der Waals surface area contributed by atoms with Gasteiger partial charge in [-0.3, -0.25) is 9.59 Å². The highest BCUT2D eigenvalue weighted by Gasteiger charge is 2.51. The van der Waals surface area contributed by atoms with Crippen molar-refractivity contribution in [3.05, 3.63) is 108 Å². The molecule has 3 saturated heterocycles. The van der Waals surface area contributed by atoms with Crippen LogP contribution in [0, 0.1) is 0 Å². The van der Waals surface area contributed by atoms with Gasteiger partial charge >= 0.3 is 6.03 Å². The molecule has 3 aromatic rings. The number of benzene rings is 3. The second kappa shape index (κ2) is 14.5. The molecule has 0 aromatic heterocycles. The summed E-state index contributed by atoms with van der Waals surface area (Å²) >= 11 is 0. The number of nitrogens with zero attached hydrogens (tertiary/aromatic N) is 5. The van der Waals surface area contributed by atoms with E-state index in [1.54, 1.807) is 50.2 Å². The first kappa shape index (κ1) is 32.6. The van der Waals surface area contributed by atoms with Crippen molar-refractivity contribution in [2.45, 2.75) is 52.0 Å². The zero-order valence-corrected chi connectivity index (χ0v) is 25.4. The lowest BCUT2D eigenvalue weighted by molar-refractivity contribution is -0.189. The van der Waals surface area contributed by atoms with Crippen LogP contribution in [0.4, 0.5) is 10.5 Å². The largest absolute Gasteiger partial charge is 0.508 e. The Morgan fingerprint density at radius 1 is 0.935 bits per heavy atom. The summed E-state index contributed by atoms with van der Waals surface area (Å²) in [4.78, 5) is 47.7. The van der Waals surface area contributed by atoms with E-state index in [4.69, 9.17) is 0 Å². The van der Waals surface area contributed by atoms with E-state index < -0.39 is 12.2 Å². The van der Waals surface area contributed by atoms with Gasteiger partial charge in [0.05, 0.1) is 13.1 Å². The number of hydrogen-bond acceptors (Lipinski definition) is 6. The number of fused-ring (bicyclic) bond motifs is 1. The maximum atomic E-state index is 14.3. The molecule has 3 fully saturated rings. The minimum atomic E-state index is -0.821. The summed E-state index contributed by atoms with van der Waals surface area (Å²) in [6.07, 6.45) is 3.55. The Balaban J connectivity index is 0.00000417. The number of carbonyl (C=O) groups is 3. The molecule has 0 radical (unpaired) electrons. The lowest BCUT2D eigenvalue weighted by Crippen LogP contribution is -2.76. The van der Waals surface area contributed by atoms with Crippen LogP contribution in [-0.4, -0.2) is 87.7 Å². The average Bonchev–Trinajstić information content (AvgIpc) is 3.59. The number of hydrazine groups is 1. The number of phenols is 1. The van der Waals surface area contributed by atoms with Crippen LogP contribution in [0.1, 0.15) is 37.0 Å². The molecular weight excluding hydrogens is 580 g/mol. The van der Waals surface area contributed by atoms with Crippen molar-refractivity contribution in [3.8, 4) is 5.75 Å². The first-order valence-electron chi connectivity index (χ1n) is 15.6. The summed E-state index contributed by atoms with van der Waals surface area (Å²) in [5.74, 6) is -0.260. The normalized spacial score (nSPS) is 19.9. The van der Waals surface area contributed by atoms with Crippen molar-refractivity contribution in [2.75, 3.05) is 37.6 Å². The van der Waals surface area contributed by atoms with Crippen molar-refractivity contribution >= 4 is 23.5 Å². The molecule has 10 nitrogen and oxygen atoms in total. The van der Waals surface area contributed by atoms with E-state index in [-0.39, 0.29) is 50.5 Å². The topological polar surface area (TPSA) is 99.7 Å². The number of piperazine rings is 1. The standard InChI is InChI=1S/C35H40N6O4.CH4/c1-2-17-39-25-33(43)40-31(21-26-13-15-30(42)16-14-26)34(44)38(23-28-11-8-12-29(20-28)37-18-6-7-19-37)24-32(40)41(39)35(45)36-22-27-9-4-3-5-10-27;/h2-5,8-16,20,31-32,42H,1,6-7,17-19,21-25H2,(H,36,45);1H4/t31-,32-;/m0./s1. The van der Waals surface area contributed by atoms with E-state index in [1.165, 1.54) is 12.8 Å². The Labute approximate surface area is 271 Å². The number of urea groups is 1. The Hall–Kier alpha value is -4.83. The van der Waals surface area contributed by atoms with Gasteiger partial charge in [-0.05, 0) is 53.8 Å². The van der Waals surface area contributed by atoms with Gasteiger partial charge in [0.25, 0.3) is 0 Å². The number of carbonyl (C=O) groups excluding carboxylic acids is 3. The first-order valence-corrected chi connectivity index (χ1v) is 15.6. The summed E-state index contributed by atoms with van der Waals surface area (Å²) in [6, 6.07) is 23.5. The number of phenolic OH excluding ortho intramolecular Hbond substituents is 1. The zero-order chi connectivity index (χ0) is 31.3. The predicted octanol–water partition coefficient (Wildman–Crippen LogP) is 4.37. The molecule has 10 heteroatoms. The van der Waals surface area contributed by atoms with Crippen LogP contribution in [-0.2, 0) is 29.1 Å². The minimum absolute atomic E-state index is 0. The van der Waals surface area contributed by atoms with Gasteiger partial charge in [0.15, 0.2) is 0 Å². The molecule has 3 aromatic carbocycles. The molecule has 2 atom stereocenters. The number of hydrogen-bond donors (Lipinski definition) is 2. The van der Waals surface area contributed by atoms with Gasteiger partial charge in [-0.1, -0.05) is 68.1 Å². The Morgan fingerprint density at radius 2 is 1.65 bits per heavy atom. The predicted molar refractivity (Wildman–Crippen MR) is 179 cm³/mol. The van der Waals surface area contributed by atoms with Crippen LogP contribution in [0.15, 0.2) is 91.5 Å². The lowest BCUT2D eigenvalue weighted by Gasteiger charge is -2.55. The van der Waals surface area contributed by atoms with Crippen LogP contribution in [0.5, 0.6) is 5.75 Å². The van der Waals surface area contributed by atoms with Crippen LogP contribution < -0.4 is 10.2 Å². The molecule has 242 valence electrons.